The van der Waals surface area contributed by atoms with Crippen LogP contribution in [0.15, 0.2) is 94.5 Å². The Bertz CT molecular complexity index is 1420. The second-order valence-electron chi connectivity index (χ2n) is 9.76. The van der Waals surface area contributed by atoms with Gasteiger partial charge in [-0.1, -0.05) is 84.6 Å². The minimum absolute atomic E-state index is 0.236. The number of nitrogens with one attached hydrogen (secondary N) is 1. The summed E-state index contributed by atoms with van der Waals surface area (Å²) in [6, 6.07) is 25.7. The standard InChI is InChI=1S/C32H35N5O3S/c1-39-23-27-21-30(37-19-17-36(18-20-37)16-8-13-25-9-4-2-5-10-25)35-32(34-27)41-24-28-14-15-29(40-28)31(38)33-22-26-11-6-3-7-12-26/h2-15,21H,16-20,22-24H2,1H3,(H,33,38)/b13-8+. The first-order valence-corrected chi connectivity index (χ1v) is 14.7. The van der Waals surface area contributed by atoms with Crippen LogP contribution >= 0.6 is 11.8 Å². The lowest BCUT2D eigenvalue weighted by atomic mass is 10.2. The second kappa shape index (κ2) is 14.6. The van der Waals surface area contributed by atoms with Gasteiger partial charge in [-0.3, -0.25) is 9.69 Å². The van der Waals surface area contributed by atoms with Crippen molar-refractivity contribution in [1.82, 2.24) is 20.2 Å². The van der Waals surface area contributed by atoms with Gasteiger partial charge in [0.2, 0.25) is 0 Å². The summed E-state index contributed by atoms with van der Waals surface area (Å²) in [5.74, 6) is 2.18. The molecule has 0 aliphatic carbocycles. The molecule has 4 aromatic rings. The van der Waals surface area contributed by atoms with E-state index in [0.717, 1.165) is 49.8 Å². The highest BCUT2D eigenvalue weighted by atomic mass is 32.2. The van der Waals surface area contributed by atoms with Gasteiger partial charge < -0.3 is 19.4 Å². The number of carbonyl (C=O) groups is 1. The summed E-state index contributed by atoms with van der Waals surface area (Å²) >= 11 is 1.49. The summed E-state index contributed by atoms with van der Waals surface area (Å²) in [4.78, 5) is 26.8. The molecule has 1 aliphatic heterocycles. The van der Waals surface area contributed by atoms with E-state index >= 15 is 0 Å². The van der Waals surface area contributed by atoms with Crippen LogP contribution in [0.1, 0.15) is 33.1 Å². The van der Waals surface area contributed by atoms with Crippen LogP contribution in [-0.2, 0) is 23.6 Å². The van der Waals surface area contributed by atoms with E-state index in [9.17, 15) is 4.79 Å². The largest absolute Gasteiger partial charge is 0.455 e. The number of piperazine rings is 1. The highest BCUT2D eigenvalue weighted by molar-refractivity contribution is 7.98. The number of rotatable bonds is 12. The van der Waals surface area contributed by atoms with Gasteiger partial charge in [-0.2, -0.15) is 0 Å². The third-order valence-electron chi connectivity index (χ3n) is 6.73. The quantitative estimate of drug-likeness (QED) is 0.182. The molecule has 8 nitrogen and oxygen atoms in total. The molecule has 1 aliphatic rings. The van der Waals surface area contributed by atoms with Gasteiger partial charge in [0.1, 0.15) is 11.6 Å². The minimum Gasteiger partial charge on any atom is -0.455 e. The number of hydrogen-bond donors (Lipinski definition) is 1. The van der Waals surface area contributed by atoms with Crippen molar-refractivity contribution in [3.63, 3.8) is 0 Å². The first kappa shape index (κ1) is 28.6. The Kier molecular flexibility index (Phi) is 10.2. The van der Waals surface area contributed by atoms with Crippen molar-refractivity contribution >= 4 is 29.6 Å². The van der Waals surface area contributed by atoms with E-state index in [1.807, 2.05) is 48.5 Å². The van der Waals surface area contributed by atoms with E-state index in [0.29, 0.717) is 35.6 Å². The van der Waals surface area contributed by atoms with Crippen LogP contribution in [0, 0.1) is 0 Å². The van der Waals surface area contributed by atoms with E-state index in [1.54, 1.807) is 13.2 Å². The Morgan fingerprint density at radius 2 is 1.76 bits per heavy atom. The third kappa shape index (κ3) is 8.53. The monoisotopic (exact) mass is 569 g/mol. The summed E-state index contributed by atoms with van der Waals surface area (Å²) in [5.41, 5.74) is 3.10. The van der Waals surface area contributed by atoms with Crippen molar-refractivity contribution in [2.24, 2.45) is 0 Å². The van der Waals surface area contributed by atoms with Crippen LogP contribution in [0.4, 0.5) is 5.82 Å². The lowest BCUT2D eigenvalue weighted by Crippen LogP contribution is -2.46. The van der Waals surface area contributed by atoms with Gasteiger partial charge in [0.05, 0.1) is 18.1 Å². The van der Waals surface area contributed by atoms with Crippen molar-refractivity contribution < 1.29 is 13.9 Å². The normalized spacial score (nSPS) is 14.0. The second-order valence-corrected chi connectivity index (χ2v) is 10.7. The molecule has 1 fully saturated rings. The number of hydrogen-bond acceptors (Lipinski definition) is 8. The molecule has 1 saturated heterocycles. The van der Waals surface area contributed by atoms with Crippen LogP contribution in [0.25, 0.3) is 6.08 Å². The van der Waals surface area contributed by atoms with Crippen molar-refractivity contribution in [1.29, 1.82) is 0 Å². The highest BCUT2D eigenvalue weighted by Gasteiger charge is 2.19. The molecular formula is C32H35N5O3S. The molecular weight excluding hydrogens is 534 g/mol. The van der Waals surface area contributed by atoms with Crippen molar-refractivity contribution in [3.8, 4) is 0 Å². The van der Waals surface area contributed by atoms with E-state index in [4.69, 9.17) is 14.1 Å². The highest BCUT2D eigenvalue weighted by Crippen LogP contribution is 2.25. The van der Waals surface area contributed by atoms with Gasteiger partial charge in [-0.25, -0.2) is 9.97 Å². The van der Waals surface area contributed by atoms with E-state index < -0.39 is 0 Å². The number of nitrogens with zero attached hydrogens (tertiary/aromatic N) is 4. The molecule has 0 atom stereocenters. The molecule has 1 N–H and O–H groups in total. The maximum absolute atomic E-state index is 12.5. The number of carbonyl (C=O) groups excluding carboxylic acids is 1. The Morgan fingerprint density at radius 1 is 1.00 bits per heavy atom. The fourth-order valence-electron chi connectivity index (χ4n) is 4.55. The predicted octanol–water partition coefficient (Wildman–Crippen LogP) is 5.27. The number of ether oxygens (including phenoxy) is 1. The Labute approximate surface area is 245 Å². The minimum atomic E-state index is -0.236. The maximum atomic E-state index is 12.5. The average Bonchev–Trinajstić information content (AvgIpc) is 3.50. The first-order chi connectivity index (χ1) is 20.2. The Morgan fingerprint density at radius 3 is 2.51 bits per heavy atom. The summed E-state index contributed by atoms with van der Waals surface area (Å²) < 4.78 is 11.2. The zero-order chi connectivity index (χ0) is 28.3. The number of furan rings is 1. The molecule has 2 aromatic carbocycles. The topological polar surface area (TPSA) is 83.7 Å². The van der Waals surface area contributed by atoms with Gasteiger partial charge in [0.15, 0.2) is 10.9 Å². The maximum Gasteiger partial charge on any atom is 0.287 e. The zero-order valence-corrected chi connectivity index (χ0v) is 24.1. The zero-order valence-electron chi connectivity index (χ0n) is 23.2. The number of amides is 1. The molecule has 1 amide bonds. The van der Waals surface area contributed by atoms with Gasteiger partial charge >= 0.3 is 0 Å². The molecule has 0 bridgehead atoms. The molecule has 5 rings (SSSR count). The summed E-state index contributed by atoms with van der Waals surface area (Å²) in [6.45, 7) is 5.52. The first-order valence-electron chi connectivity index (χ1n) is 13.8. The lowest BCUT2D eigenvalue weighted by molar-refractivity contribution is 0.0921. The van der Waals surface area contributed by atoms with Crippen molar-refractivity contribution in [2.75, 3.05) is 44.7 Å². The predicted molar refractivity (Wildman–Crippen MR) is 163 cm³/mol. The number of aromatic nitrogens is 2. The molecule has 2 aromatic heterocycles. The van der Waals surface area contributed by atoms with Crippen LogP contribution in [0.5, 0.6) is 0 Å². The molecule has 0 unspecified atom stereocenters. The summed E-state index contributed by atoms with van der Waals surface area (Å²) in [7, 11) is 1.67. The Balaban J connectivity index is 1.14. The lowest BCUT2D eigenvalue weighted by Gasteiger charge is -2.35. The molecule has 212 valence electrons. The third-order valence-corrected chi connectivity index (χ3v) is 7.60. The van der Waals surface area contributed by atoms with Crippen LogP contribution < -0.4 is 10.2 Å². The number of anilines is 1. The SMILES string of the molecule is COCc1cc(N2CCN(C/C=C/c3ccccc3)CC2)nc(SCc2ccc(C(=O)NCc3ccccc3)o2)n1. The summed E-state index contributed by atoms with van der Waals surface area (Å²) in [6.07, 6.45) is 4.41. The molecule has 9 heteroatoms. The molecule has 3 heterocycles. The fourth-order valence-corrected chi connectivity index (χ4v) is 5.31. The molecule has 0 spiro atoms. The van der Waals surface area contributed by atoms with E-state index in [1.165, 1.54) is 17.3 Å². The van der Waals surface area contributed by atoms with Crippen molar-refractivity contribution in [3.05, 3.63) is 113 Å². The van der Waals surface area contributed by atoms with Gasteiger partial charge in [0, 0.05) is 52.4 Å². The molecule has 0 radical (unpaired) electrons. The number of methoxy groups -OCH3 is 1. The van der Waals surface area contributed by atoms with Crippen LogP contribution in [-0.4, -0.2) is 60.6 Å². The number of thioether (sulfide) groups is 1. The van der Waals surface area contributed by atoms with Gasteiger partial charge in [-0.05, 0) is 23.3 Å². The van der Waals surface area contributed by atoms with Gasteiger partial charge in [0.25, 0.3) is 5.91 Å². The van der Waals surface area contributed by atoms with E-state index in [2.05, 4.69) is 56.5 Å². The molecule has 0 saturated carbocycles. The number of benzene rings is 2. The van der Waals surface area contributed by atoms with Crippen LogP contribution in [0.2, 0.25) is 0 Å². The smallest absolute Gasteiger partial charge is 0.287 e. The molecule has 41 heavy (non-hydrogen) atoms. The summed E-state index contributed by atoms with van der Waals surface area (Å²) in [5, 5.41) is 3.56. The average molecular weight is 570 g/mol. The Hall–Kier alpha value is -3.92. The van der Waals surface area contributed by atoms with E-state index in [-0.39, 0.29) is 5.91 Å². The van der Waals surface area contributed by atoms with Gasteiger partial charge in [-0.15, -0.1) is 0 Å². The fraction of sp³-hybridized carbons (Fsp3) is 0.281. The van der Waals surface area contributed by atoms with Crippen LogP contribution in [0.3, 0.4) is 0 Å². The van der Waals surface area contributed by atoms with Crippen molar-refractivity contribution in [2.45, 2.75) is 24.1 Å².